The van der Waals surface area contributed by atoms with Crippen molar-refractivity contribution in [3.8, 4) is 0 Å². The van der Waals surface area contributed by atoms with E-state index in [-0.39, 0.29) is 25.9 Å². The van der Waals surface area contributed by atoms with Crippen LogP contribution in [0.25, 0.3) is 0 Å². The van der Waals surface area contributed by atoms with Crippen molar-refractivity contribution in [2.24, 2.45) is 0 Å². The standard InChI is InChI=1S/C53H90O12/c1-4-7-10-13-16-19-22-23-26-27-30-33-36-39-45(54)61-42-44(63-46(55)40-37-34-31-28-24-20-17-14-11-8-5-2)43-62-53-51(49(58)48(57)50(65-53)52(59)60)64-47(56)41-38-35-32-29-25-21-18-15-12-9-6-3/h10,13-15,17-19,22,44,48-51,53,57-58H,4-9,11-12,16,20-21,23-43H2,1-3H3,(H,59,60)/b13-10-,17-14-,18-15-,22-19-. The SMILES string of the molecule is CCC/C=C\C/C=C\CCCCCCCC(=O)OCC(COC1OC(C(=O)O)C(O)C(O)C1OC(=O)CCCCCCC/C=C\CCCC)OC(=O)CCCCCCC/C=C\CCCC. The molecule has 0 spiro atoms. The maximum absolute atomic E-state index is 13.0. The third kappa shape index (κ3) is 32.9. The Morgan fingerprint density at radius 2 is 0.954 bits per heavy atom. The molecule has 65 heavy (non-hydrogen) atoms. The van der Waals surface area contributed by atoms with Crippen molar-refractivity contribution in [1.29, 1.82) is 0 Å². The Hall–Kier alpha value is -3.32. The number of carbonyl (C=O) groups is 4. The first-order valence-corrected chi connectivity index (χ1v) is 25.6. The molecule has 6 unspecified atom stereocenters. The lowest BCUT2D eigenvalue weighted by molar-refractivity contribution is -0.301. The summed E-state index contributed by atoms with van der Waals surface area (Å²) in [6, 6.07) is 0. The van der Waals surface area contributed by atoms with E-state index in [4.69, 9.17) is 23.7 Å². The first kappa shape index (κ1) is 59.7. The fourth-order valence-corrected chi connectivity index (χ4v) is 7.31. The molecule has 3 N–H and O–H groups in total. The lowest BCUT2D eigenvalue weighted by atomic mass is 9.98. The van der Waals surface area contributed by atoms with Crippen molar-refractivity contribution in [3.63, 3.8) is 0 Å². The second-order valence-electron chi connectivity index (χ2n) is 17.4. The van der Waals surface area contributed by atoms with E-state index < -0.39 is 67.3 Å². The van der Waals surface area contributed by atoms with Crippen LogP contribution in [-0.2, 0) is 42.9 Å². The molecule has 1 heterocycles. The highest BCUT2D eigenvalue weighted by molar-refractivity contribution is 5.74. The number of hydrogen-bond acceptors (Lipinski definition) is 11. The first-order valence-electron chi connectivity index (χ1n) is 25.6. The van der Waals surface area contributed by atoms with E-state index in [0.717, 1.165) is 128 Å². The van der Waals surface area contributed by atoms with Gasteiger partial charge in [0.1, 0.15) is 18.8 Å². The van der Waals surface area contributed by atoms with E-state index in [1.165, 1.54) is 25.7 Å². The average molecular weight is 919 g/mol. The molecule has 0 bridgehead atoms. The molecule has 1 aliphatic rings. The summed E-state index contributed by atoms with van der Waals surface area (Å²) in [5, 5.41) is 31.3. The maximum Gasteiger partial charge on any atom is 0.335 e. The number of carboxylic acids is 1. The van der Waals surface area contributed by atoms with E-state index in [2.05, 4.69) is 69.4 Å². The number of allylic oxidation sites excluding steroid dienone is 8. The number of aliphatic carboxylic acids is 1. The average Bonchev–Trinajstić information content (AvgIpc) is 3.29. The molecule has 0 aromatic rings. The molecule has 0 aromatic carbocycles. The van der Waals surface area contributed by atoms with Crippen LogP contribution in [0.3, 0.4) is 0 Å². The van der Waals surface area contributed by atoms with Gasteiger partial charge in [-0.25, -0.2) is 4.79 Å². The molecule has 1 saturated heterocycles. The summed E-state index contributed by atoms with van der Waals surface area (Å²) < 4.78 is 28.2. The summed E-state index contributed by atoms with van der Waals surface area (Å²) in [7, 11) is 0. The third-order valence-electron chi connectivity index (χ3n) is 11.3. The molecule has 0 aliphatic carbocycles. The quantitative estimate of drug-likeness (QED) is 0.0229. The van der Waals surface area contributed by atoms with Gasteiger partial charge in [-0.15, -0.1) is 0 Å². The van der Waals surface area contributed by atoms with Crippen LogP contribution in [0.15, 0.2) is 48.6 Å². The lowest BCUT2D eigenvalue weighted by Crippen LogP contribution is -2.61. The Kier molecular flexibility index (Phi) is 38.6. The number of esters is 3. The van der Waals surface area contributed by atoms with E-state index >= 15 is 0 Å². The first-order chi connectivity index (χ1) is 31.6. The number of rotatable bonds is 42. The monoisotopic (exact) mass is 919 g/mol. The van der Waals surface area contributed by atoms with Crippen molar-refractivity contribution in [3.05, 3.63) is 48.6 Å². The summed E-state index contributed by atoms with van der Waals surface area (Å²) in [6.45, 7) is 5.79. The molecule has 0 saturated carbocycles. The van der Waals surface area contributed by atoms with Crippen LogP contribution in [0.5, 0.6) is 0 Å². The largest absolute Gasteiger partial charge is 0.479 e. The zero-order valence-electron chi connectivity index (χ0n) is 40.7. The predicted octanol–water partition coefficient (Wildman–Crippen LogP) is 11.9. The molecule has 374 valence electrons. The minimum atomic E-state index is -1.90. The summed E-state index contributed by atoms with van der Waals surface area (Å²) >= 11 is 0. The zero-order chi connectivity index (χ0) is 47.6. The van der Waals surface area contributed by atoms with Crippen LogP contribution in [0.1, 0.15) is 213 Å². The summed E-state index contributed by atoms with van der Waals surface area (Å²) in [6.07, 6.45) is 35.4. The molecule has 0 amide bonds. The van der Waals surface area contributed by atoms with Gasteiger partial charge in [0.05, 0.1) is 6.61 Å². The number of hydrogen-bond donors (Lipinski definition) is 3. The van der Waals surface area contributed by atoms with E-state index in [9.17, 15) is 34.5 Å². The van der Waals surface area contributed by atoms with Crippen LogP contribution in [-0.4, -0.2) is 89.2 Å². The second-order valence-corrected chi connectivity index (χ2v) is 17.4. The van der Waals surface area contributed by atoms with Crippen molar-refractivity contribution in [2.45, 2.75) is 250 Å². The molecule has 6 atom stereocenters. The number of ether oxygens (including phenoxy) is 5. The van der Waals surface area contributed by atoms with Crippen molar-refractivity contribution < 1.29 is 58.2 Å². The highest BCUT2D eigenvalue weighted by Crippen LogP contribution is 2.26. The predicted molar refractivity (Wildman–Crippen MR) is 257 cm³/mol. The van der Waals surface area contributed by atoms with Crippen LogP contribution >= 0.6 is 0 Å². The van der Waals surface area contributed by atoms with Gasteiger partial charge in [-0.05, 0) is 83.5 Å². The molecule has 12 nitrogen and oxygen atoms in total. The second kappa shape index (κ2) is 42.1. The lowest BCUT2D eigenvalue weighted by Gasteiger charge is -2.40. The highest BCUT2D eigenvalue weighted by Gasteiger charge is 2.50. The van der Waals surface area contributed by atoms with Gasteiger partial charge in [-0.2, -0.15) is 0 Å². The number of unbranched alkanes of at least 4 members (excludes halogenated alkanes) is 20. The number of carboxylic acid groups (broad SMARTS) is 1. The van der Waals surface area contributed by atoms with Crippen LogP contribution in [0.2, 0.25) is 0 Å². The fourth-order valence-electron chi connectivity index (χ4n) is 7.31. The van der Waals surface area contributed by atoms with Gasteiger partial charge in [0.2, 0.25) is 0 Å². The number of carbonyl (C=O) groups excluding carboxylic acids is 3. The van der Waals surface area contributed by atoms with Gasteiger partial charge in [0.15, 0.2) is 24.6 Å². The fraction of sp³-hybridized carbons (Fsp3) is 0.774. The summed E-state index contributed by atoms with van der Waals surface area (Å²) in [5.74, 6) is -3.16. The normalized spacial score (nSPS) is 19.4. The molecule has 1 fully saturated rings. The molecule has 12 heteroatoms. The Bertz CT molecular complexity index is 1330. The molecule has 0 radical (unpaired) electrons. The Balaban J connectivity index is 2.76. The van der Waals surface area contributed by atoms with Crippen LogP contribution in [0, 0.1) is 0 Å². The minimum absolute atomic E-state index is 0.0478. The topological polar surface area (TPSA) is 175 Å². The summed E-state index contributed by atoms with van der Waals surface area (Å²) in [4.78, 5) is 50.7. The molecule has 1 aliphatic heterocycles. The molecule has 0 aromatic heterocycles. The van der Waals surface area contributed by atoms with E-state index in [1.54, 1.807) is 0 Å². The van der Waals surface area contributed by atoms with E-state index in [1.807, 2.05) is 0 Å². The van der Waals surface area contributed by atoms with Crippen LogP contribution < -0.4 is 0 Å². The van der Waals surface area contributed by atoms with Gasteiger partial charge >= 0.3 is 23.9 Å². The van der Waals surface area contributed by atoms with Crippen molar-refractivity contribution >= 4 is 23.9 Å². The van der Waals surface area contributed by atoms with Gasteiger partial charge in [0.25, 0.3) is 0 Å². The minimum Gasteiger partial charge on any atom is -0.479 e. The number of aliphatic hydroxyl groups excluding tert-OH is 2. The molecular formula is C53H90O12. The zero-order valence-corrected chi connectivity index (χ0v) is 40.7. The van der Waals surface area contributed by atoms with Crippen molar-refractivity contribution in [2.75, 3.05) is 13.2 Å². The van der Waals surface area contributed by atoms with Gasteiger partial charge in [-0.1, -0.05) is 159 Å². The third-order valence-corrected chi connectivity index (χ3v) is 11.3. The molecular weight excluding hydrogens is 829 g/mol. The maximum atomic E-state index is 13.0. The number of aliphatic hydroxyl groups is 2. The van der Waals surface area contributed by atoms with Crippen molar-refractivity contribution in [1.82, 2.24) is 0 Å². The van der Waals surface area contributed by atoms with Gasteiger partial charge in [0, 0.05) is 19.3 Å². The van der Waals surface area contributed by atoms with Gasteiger partial charge in [-0.3, -0.25) is 14.4 Å². The smallest absolute Gasteiger partial charge is 0.335 e. The highest BCUT2D eigenvalue weighted by atomic mass is 16.7. The van der Waals surface area contributed by atoms with Gasteiger partial charge < -0.3 is 39.0 Å². The Morgan fingerprint density at radius 3 is 1.46 bits per heavy atom. The van der Waals surface area contributed by atoms with Crippen LogP contribution in [0.4, 0.5) is 0 Å². The summed E-state index contributed by atoms with van der Waals surface area (Å²) in [5.41, 5.74) is 0. The molecule has 1 rings (SSSR count). The Labute approximate surface area is 393 Å². The Morgan fingerprint density at radius 1 is 0.508 bits per heavy atom. The van der Waals surface area contributed by atoms with E-state index in [0.29, 0.717) is 19.3 Å².